The van der Waals surface area contributed by atoms with Crippen molar-refractivity contribution in [3.63, 3.8) is 0 Å². The minimum Gasteiger partial charge on any atom is -0.481 e. The third-order valence-electron chi connectivity index (χ3n) is 1.91. The summed E-state index contributed by atoms with van der Waals surface area (Å²) < 4.78 is 0. The number of hydrogen-bond acceptors (Lipinski definition) is 1. The van der Waals surface area contributed by atoms with E-state index in [0.29, 0.717) is 5.92 Å². The van der Waals surface area contributed by atoms with Crippen LogP contribution in [0, 0.1) is 5.92 Å². The maximum atomic E-state index is 10.2. The fraction of sp³-hybridized carbons (Fsp3) is 0.700. The van der Waals surface area contributed by atoms with Crippen LogP contribution in [0.1, 0.15) is 39.5 Å². The van der Waals surface area contributed by atoms with Crippen LogP contribution >= 0.6 is 0 Å². The topological polar surface area (TPSA) is 37.3 Å². The van der Waals surface area contributed by atoms with Gasteiger partial charge in [-0.2, -0.15) is 0 Å². The normalized spacial score (nSPS) is 12.5. The molecule has 0 saturated carbocycles. The molecule has 0 heterocycles. The summed E-state index contributed by atoms with van der Waals surface area (Å²) in [6, 6.07) is 0. The number of hydrogen-bond donors (Lipinski definition) is 1. The first-order chi connectivity index (χ1) is 5.52. The van der Waals surface area contributed by atoms with Crippen molar-refractivity contribution >= 4 is 5.97 Å². The predicted molar refractivity (Wildman–Crippen MR) is 50.1 cm³/mol. The van der Waals surface area contributed by atoms with E-state index in [1.165, 1.54) is 5.57 Å². The van der Waals surface area contributed by atoms with Crippen molar-refractivity contribution in [3.8, 4) is 0 Å². The summed E-state index contributed by atoms with van der Waals surface area (Å²) in [5.74, 6) is -0.199. The smallest absolute Gasteiger partial charge is 0.303 e. The molecule has 70 valence electrons. The standard InChI is InChI=1S/C10H18O2/c1-8(2)4-5-9(3)6-7-10(11)12/h9H,1,4-7H2,2-3H3,(H,11,12). The molecule has 0 spiro atoms. The van der Waals surface area contributed by atoms with Crippen LogP contribution in [0.4, 0.5) is 0 Å². The maximum Gasteiger partial charge on any atom is 0.303 e. The quantitative estimate of drug-likeness (QED) is 0.622. The Bertz CT molecular complexity index is 143. The van der Waals surface area contributed by atoms with E-state index < -0.39 is 5.97 Å². The van der Waals surface area contributed by atoms with Crippen molar-refractivity contribution in [3.05, 3.63) is 12.2 Å². The van der Waals surface area contributed by atoms with E-state index in [0.717, 1.165) is 19.3 Å². The van der Waals surface area contributed by atoms with Crippen molar-refractivity contribution in [2.45, 2.75) is 39.5 Å². The second-order valence-electron chi connectivity index (χ2n) is 3.53. The second-order valence-corrected chi connectivity index (χ2v) is 3.53. The molecule has 1 N–H and O–H groups in total. The van der Waals surface area contributed by atoms with E-state index in [4.69, 9.17) is 5.11 Å². The lowest BCUT2D eigenvalue weighted by molar-refractivity contribution is -0.137. The van der Waals surface area contributed by atoms with Crippen LogP contribution in [0.3, 0.4) is 0 Å². The van der Waals surface area contributed by atoms with Gasteiger partial charge in [-0.25, -0.2) is 0 Å². The summed E-state index contributed by atoms with van der Waals surface area (Å²) in [6.07, 6.45) is 3.14. The zero-order chi connectivity index (χ0) is 9.56. The van der Waals surface area contributed by atoms with Gasteiger partial charge in [-0.05, 0) is 32.1 Å². The van der Waals surface area contributed by atoms with Gasteiger partial charge in [-0.1, -0.05) is 12.5 Å². The average Bonchev–Trinajstić information content (AvgIpc) is 1.96. The van der Waals surface area contributed by atoms with Gasteiger partial charge in [-0.15, -0.1) is 6.58 Å². The lowest BCUT2D eigenvalue weighted by Gasteiger charge is -2.08. The van der Waals surface area contributed by atoms with Gasteiger partial charge in [0, 0.05) is 6.42 Å². The Labute approximate surface area is 74.3 Å². The highest BCUT2D eigenvalue weighted by atomic mass is 16.4. The van der Waals surface area contributed by atoms with E-state index in [2.05, 4.69) is 13.5 Å². The molecule has 0 aliphatic rings. The summed E-state index contributed by atoms with van der Waals surface area (Å²) in [5, 5.41) is 8.42. The summed E-state index contributed by atoms with van der Waals surface area (Å²) >= 11 is 0. The van der Waals surface area contributed by atoms with E-state index in [1.54, 1.807) is 0 Å². The van der Waals surface area contributed by atoms with Gasteiger partial charge >= 0.3 is 5.97 Å². The summed E-state index contributed by atoms with van der Waals surface area (Å²) in [5.41, 5.74) is 1.18. The summed E-state index contributed by atoms with van der Waals surface area (Å²) in [6.45, 7) is 7.90. The Hall–Kier alpha value is -0.790. The first-order valence-corrected chi connectivity index (χ1v) is 4.38. The molecule has 0 amide bonds. The predicted octanol–water partition coefficient (Wildman–Crippen LogP) is 2.84. The molecule has 1 unspecified atom stereocenters. The van der Waals surface area contributed by atoms with Crippen molar-refractivity contribution in [2.24, 2.45) is 5.92 Å². The van der Waals surface area contributed by atoms with Crippen LogP contribution in [0.5, 0.6) is 0 Å². The minimum absolute atomic E-state index is 0.289. The van der Waals surface area contributed by atoms with E-state index in [9.17, 15) is 4.79 Å². The fourth-order valence-corrected chi connectivity index (χ4v) is 1.01. The number of carboxylic acid groups (broad SMARTS) is 1. The van der Waals surface area contributed by atoms with Crippen molar-refractivity contribution in [2.75, 3.05) is 0 Å². The molecule has 0 aliphatic carbocycles. The maximum absolute atomic E-state index is 10.2. The first-order valence-electron chi connectivity index (χ1n) is 4.38. The van der Waals surface area contributed by atoms with Crippen molar-refractivity contribution < 1.29 is 9.90 Å². The molecule has 0 rings (SSSR count). The van der Waals surface area contributed by atoms with Crippen molar-refractivity contribution in [1.29, 1.82) is 0 Å². The second kappa shape index (κ2) is 5.81. The van der Waals surface area contributed by atoms with Crippen LogP contribution < -0.4 is 0 Å². The van der Waals surface area contributed by atoms with Gasteiger partial charge < -0.3 is 5.11 Å². The fourth-order valence-electron chi connectivity index (χ4n) is 1.01. The molecular weight excluding hydrogens is 152 g/mol. The molecule has 0 aromatic heterocycles. The SMILES string of the molecule is C=C(C)CCC(C)CCC(=O)O. The summed E-state index contributed by atoms with van der Waals surface area (Å²) in [4.78, 5) is 10.2. The Morgan fingerprint density at radius 1 is 1.42 bits per heavy atom. The van der Waals surface area contributed by atoms with Crippen LogP contribution in [-0.4, -0.2) is 11.1 Å². The molecule has 0 fully saturated rings. The van der Waals surface area contributed by atoms with Crippen LogP contribution in [0.2, 0.25) is 0 Å². The monoisotopic (exact) mass is 170 g/mol. The van der Waals surface area contributed by atoms with Gasteiger partial charge in [-0.3, -0.25) is 4.79 Å². The number of carboxylic acids is 1. The van der Waals surface area contributed by atoms with Gasteiger partial charge in [0.05, 0.1) is 0 Å². The number of allylic oxidation sites excluding steroid dienone is 1. The molecule has 0 saturated heterocycles. The van der Waals surface area contributed by atoms with Gasteiger partial charge in [0.2, 0.25) is 0 Å². The third-order valence-corrected chi connectivity index (χ3v) is 1.91. The molecule has 0 bridgehead atoms. The molecule has 12 heavy (non-hydrogen) atoms. The number of carbonyl (C=O) groups is 1. The minimum atomic E-state index is -0.697. The van der Waals surface area contributed by atoms with E-state index in [1.807, 2.05) is 6.92 Å². The zero-order valence-corrected chi connectivity index (χ0v) is 7.97. The third kappa shape index (κ3) is 7.32. The Kier molecular flexibility index (Phi) is 5.43. The molecule has 0 aromatic rings. The molecule has 0 radical (unpaired) electrons. The Balaban J connectivity index is 3.39. The van der Waals surface area contributed by atoms with Crippen LogP contribution in [0.15, 0.2) is 12.2 Å². The van der Waals surface area contributed by atoms with Gasteiger partial charge in [0.1, 0.15) is 0 Å². The van der Waals surface area contributed by atoms with Gasteiger partial charge in [0.25, 0.3) is 0 Å². The lowest BCUT2D eigenvalue weighted by atomic mass is 9.98. The van der Waals surface area contributed by atoms with Crippen LogP contribution in [-0.2, 0) is 4.79 Å². The average molecular weight is 170 g/mol. The largest absolute Gasteiger partial charge is 0.481 e. The molecule has 2 heteroatoms. The van der Waals surface area contributed by atoms with E-state index in [-0.39, 0.29) is 6.42 Å². The van der Waals surface area contributed by atoms with E-state index >= 15 is 0 Å². The number of aliphatic carboxylic acids is 1. The Morgan fingerprint density at radius 3 is 2.33 bits per heavy atom. The lowest BCUT2D eigenvalue weighted by Crippen LogP contribution is -2.01. The molecule has 0 aliphatic heterocycles. The zero-order valence-electron chi connectivity index (χ0n) is 7.97. The molecule has 2 nitrogen and oxygen atoms in total. The molecule has 1 atom stereocenters. The highest BCUT2D eigenvalue weighted by Crippen LogP contribution is 2.15. The highest BCUT2D eigenvalue weighted by Gasteiger charge is 2.04. The Morgan fingerprint density at radius 2 is 1.92 bits per heavy atom. The summed E-state index contributed by atoms with van der Waals surface area (Å²) in [7, 11) is 0. The van der Waals surface area contributed by atoms with Crippen molar-refractivity contribution in [1.82, 2.24) is 0 Å². The highest BCUT2D eigenvalue weighted by molar-refractivity contribution is 5.66. The number of rotatable bonds is 6. The van der Waals surface area contributed by atoms with Gasteiger partial charge in [0.15, 0.2) is 0 Å². The molecule has 0 aromatic carbocycles. The molecular formula is C10H18O2. The van der Waals surface area contributed by atoms with Crippen LogP contribution in [0.25, 0.3) is 0 Å². The first kappa shape index (κ1) is 11.2.